The van der Waals surface area contributed by atoms with Gasteiger partial charge in [-0.1, -0.05) is 70.5 Å². The quantitative estimate of drug-likeness (QED) is 0.440. The van der Waals surface area contributed by atoms with Gasteiger partial charge in [-0.25, -0.2) is 0 Å². The van der Waals surface area contributed by atoms with Crippen LogP contribution in [-0.2, 0) is 10.8 Å². The van der Waals surface area contributed by atoms with Crippen LogP contribution in [0.5, 0.6) is 5.75 Å². The summed E-state index contributed by atoms with van der Waals surface area (Å²) in [6.45, 7) is 16.1. The maximum atomic E-state index is 6.00. The Labute approximate surface area is 195 Å². The Balaban J connectivity index is 1.42. The molecule has 2 aromatic rings. The van der Waals surface area contributed by atoms with Crippen molar-refractivity contribution in [3.05, 3.63) is 64.7 Å². The molecule has 2 nitrogen and oxygen atoms in total. The number of nitrogens with zero attached hydrogens (tertiary/aromatic N) is 1. The van der Waals surface area contributed by atoms with Crippen molar-refractivity contribution in [2.75, 3.05) is 26.2 Å². The SMILES string of the molecule is CC(=Cc1ccc(OCCN2CCCCC2)cc1)c1ccc2c(c1)C(C)(C)CCC2(C)C. The van der Waals surface area contributed by atoms with Crippen molar-refractivity contribution in [2.45, 2.75) is 77.6 Å². The van der Waals surface area contributed by atoms with E-state index in [1.165, 1.54) is 73.0 Å². The Morgan fingerprint density at radius 2 is 1.53 bits per heavy atom. The molecule has 0 radical (unpaired) electrons. The van der Waals surface area contributed by atoms with Gasteiger partial charge in [-0.05, 0) is 96.5 Å². The van der Waals surface area contributed by atoms with Crippen molar-refractivity contribution in [1.29, 1.82) is 0 Å². The number of hydrogen-bond acceptors (Lipinski definition) is 2. The first-order chi connectivity index (χ1) is 15.2. The zero-order valence-corrected chi connectivity index (χ0v) is 20.8. The summed E-state index contributed by atoms with van der Waals surface area (Å²) >= 11 is 0. The summed E-state index contributed by atoms with van der Waals surface area (Å²) < 4.78 is 6.00. The van der Waals surface area contributed by atoms with Gasteiger partial charge in [-0.15, -0.1) is 0 Å². The van der Waals surface area contributed by atoms with E-state index in [1.807, 2.05) is 0 Å². The highest BCUT2D eigenvalue weighted by Gasteiger charge is 2.36. The third kappa shape index (κ3) is 5.29. The van der Waals surface area contributed by atoms with Gasteiger partial charge in [0.2, 0.25) is 0 Å². The summed E-state index contributed by atoms with van der Waals surface area (Å²) in [4.78, 5) is 2.52. The third-order valence-electron chi connectivity index (χ3n) is 7.70. The first-order valence-corrected chi connectivity index (χ1v) is 12.5. The molecule has 0 bridgehead atoms. The average Bonchev–Trinajstić information content (AvgIpc) is 2.79. The lowest BCUT2D eigenvalue weighted by molar-refractivity contribution is 0.183. The van der Waals surface area contributed by atoms with Gasteiger partial charge >= 0.3 is 0 Å². The standard InChI is InChI=1S/C30H41NO/c1-23(25-11-14-27-28(22-25)30(4,5)16-15-29(27,2)3)21-24-9-12-26(13-10-24)32-20-19-31-17-7-6-8-18-31/h9-14,21-22H,6-8,15-20H2,1-5H3. The summed E-state index contributed by atoms with van der Waals surface area (Å²) in [5.74, 6) is 0.967. The van der Waals surface area contributed by atoms with Crippen LogP contribution in [0.25, 0.3) is 11.6 Å². The smallest absolute Gasteiger partial charge is 0.119 e. The van der Waals surface area contributed by atoms with Crippen molar-refractivity contribution in [3.63, 3.8) is 0 Å². The molecule has 1 aliphatic heterocycles. The van der Waals surface area contributed by atoms with Crippen LogP contribution in [0.3, 0.4) is 0 Å². The summed E-state index contributed by atoms with van der Waals surface area (Å²) in [5.41, 5.74) is 7.43. The molecule has 2 heteroatoms. The molecule has 1 aliphatic carbocycles. The van der Waals surface area contributed by atoms with Crippen LogP contribution in [-0.4, -0.2) is 31.1 Å². The monoisotopic (exact) mass is 431 g/mol. The molecule has 0 aromatic heterocycles. The van der Waals surface area contributed by atoms with Crippen LogP contribution in [0.1, 0.15) is 89.0 Å². The molecule has 32 heavy (non-hydrogen) atoms. The number of piperidine rings is 1. The number of fused-ring (bicyclic) bond motifs is 1. The first-order valence-electron chi connectivity index (χ1n) is 12.5. The summed E-state index contributed by atoms with van der Waals surface area (Å²) in [5, 5.41) is 0. The fourth-order valence-electron chi connectivity index (χ4n) is 5.30. The van der Waals surface area contributed by atoms with Crippen LogP contribution in [0.15, 0.2) is 42.5 Å². The van der Waals surface area contributed by atoms with Gasteiger partial charge in [-0.3, -0.25) is 4.90 Å². The molecule has 4 rings (SSSR count). The van der Waals surface area contributed by atoms with E-state index in [2.05, 4.69) is 88.1 Å². The average molecular weight is 432 g/mol. The van der Waals surface area contributed by atoms with Crippen LogP contribution >= 0.6 is 0 Å². The summed E-state index contributed by atoms with van der Waals surface area (Å²) in [6, 6.07) is 15.7. The molecule has 0 atom stereocenters. The van der Waals surface area contributed by atoms with E-state index in [-0.39, 0.29) is 10.8 Å². The van der Waals surface area contributed by atoms with E-state index in [1.54, 1.807) is 0 Å². The Morgan fingerprint density at radius 1 is 0.875 bits per heavy atom. The first kappa shape index (κ1) is 23.1. The Morgan fingerprint density at radius 3 is 2.22 bits per heavy atom. The number of allylic oxidation sites excluding steroid dienone is 1. The van der Waals surface area contributed by atoms with E-state index in [9.17, 15) is 0 Å². The van der Waals surface area contributed by atoms with Crippen molar-refractivity contribution in [1.82, 2.24) is 4.90 Å². The number of ether oxygens (including phenoxy) is 1. The van der Waals surface area contributed by atoms with Crippen LogP contribution < -0.4 is 4.74 Å². The van der Waals surface area contributed by atoms with Crippen LogP contribution in [0, 0.1) is 0 Å². The van der Waals surface area contributed by atoms with E-state index in [0.717, 1.165) is 18.9 Å². The van der Waals surface area contributed by atoms with Gasteiger partial charge in [0.1, 0.15) is 12.4 Å². The molecular formula is C30H41NO. The highest BCUT2D eigenvalue weighted by molar-refractivity contribution is 5.80. The minimum absolute atomic E-state index is 0.244. The summed E-state index contributed by atoms with van der Waals surface area (Å²) in [7, 11) is 0. The molecule has 0 N–H and O–H groups in total. The second-order valence-corrected chi connectivity index (χ2v) is 11.2. The van der Waals surface area contributed by atoms with Gasteiger partial charge in [0, 0.05) is 6.54 Å². The van der Waals surface area contributed by atoms with Gasteiger partial charge < -0.3 is 4.74 Å². The number of benzene rings is 2. The fourth-order valence-corrected chi connectivity index (χ4v) is 5.30. The van der Waals surface area contributed by atoms with Crippen LogP contribution in [0.4, 0.5) is 0 Å². The molecular weight excluding hydrogens is 390 g/mol. The molecule has 0 saturated carbocycles. The van der Waals surface area contributed by atoms with Crippen molar-refractivity contribution in [3.8, 4) is 5.75 Å². The Hall–Kier alpha value is -2.06. The molecule has 0 amide bonds. The van der Waals surface area contributed by atoms with E-state index in [4.69, 9.17) is 4.74 Å². The lowest BCUT2D eigenvalue weighted by Crippen LogP contribution is -2.33. The second kappa shape index (κ2) is 9.43. The fraction of sp³-hybridized carbons (Fsp3) is 0.533. The van der Waals surface area contributed by atoms with Gasteiger partial charge in [0.05, 0.1) is 0 Å². The van der Waals surface area contributed by atoms with E-state index >= 15 is 0 Å². The predicted octanol–water partition coefficient (Wildman–Crippen LogP) is 7.46. The summed E-state index contributed by atoms with van der Waals surface area (Å²) in [6.07, 6.45) is 8.85. The molecule has 1 heterocycles. The normalized spacial score (nSPS) is 20.6. The maximum Gasteiger partial charge on any atom is 0.119 e. The van der Waals surface area contributed by atoms with Gasteiger partial charge in [0.15, 0.2) is 0 Å². The molecule has 172 valence electrons. The van der Waals surface area contributed by atoms with Gasteiger partial charge in [-0.2, -0.15) is 0 Å². The van der Waals surface area contributed by atoms with Gasteiger partial charge in [0.25, 0.3) is 0 Å². The minimum Gasteiger partial charge on any atom is -0.492 e. The van der Waals surface area contributed by atoms with Crippen molar-refractivity contribution >= 4 is 11.6 Å². The maximum absolute atomic E-state index is 6.00. The minimum atomic E-state index is 0.244. The molecule has 2 aromatic carbocycles. The number of hydrogen-bond donors (Lipinski definition) is 0. The lowest BCUT2D eigenvalue weighted by Gasteiger charge is -2.42. The zero-order chi connectivity index (χ0) is 22.8. The topological polar surface area (TPSA) is 12.5 Å². The Bertz CT molecular complexity index is 945. The molecule has 1 fully saturated rings. The lowest BCUT2D eigenvalue weighted by atomic mass is 9.63. The van der Waals surface area contributed by atoms with Crippen molar-refractivity contribution < 1.29 is 4.74 Å². The molecule has 0 unspecified atom stereocenters. The largest absolute Gasteiger partial charge is 0.492 e. The molecule has 1 saturated heterocycles. The number of rotatable bonds is 6. The molecule has 2 aliphatic rings. The van der Waals surface area contributed by atoms with Crippen LogP contribution in [0.2, 0.25) is 0 Å². The van der Waals surface area contributed by atoms with Crippen molar-refractivity contribution in [2.24, 2.45) is 0 Å². The predicted molar refractivity (Wildman–Crippen MR) is 138 cm³/mol. The highest BCUT2D eigenvalue weighted by Crippen LogP contribution is 2.46. The molecule has 0 spiro atoms. The second-order valence-electron chi connectivity index (χ2n) is 11.2. The van der Waals surface area contributed by atoms with E-state index in [0.29, 0.717) is 0 Å². The Kier molecular flexibility index (Phi) is 6.81. The zero-order valence-electron chi connectivity index (χ0n) is 20.8. The highest BCUT2D eigenvalue weighted by atomic mass is 16.5. The number of likely N-dealkylation sites (tertiary alicyclic amines) is 1. The van der Waals surface area contributed by atoms with E-state index < -0.39 is 0 Å². The third-order valence-corrected chi connectivity index (χ3v) is 7.70.